The fourth-order valence-electron chi connectivity index (χ4n) is 4.95. The van der Waals surface area contributed by atoms with E-state index in [4.69, 9.17) is 4.98 Å². The summed E-state index contributed by atoms with van der Waals surface area (Å²) >= 11 is 2.85. The van der Waals surface area contributed by atoms with Crippen molar-refractivity contribution in [3.63, 3.8) is 0 Å². The van der Waals surface area contributed by atoms with Gasteiger partial charge in [-0.25, -0.2) is 4.98 Å². The summed E-state index contributed by atoms with van der Waals surface area (Å²) in [6, 6.07) is 9.86. The van der Waals surface area contributed by atoms with Gasteiger partial charge in [0.25, 0.3) is 5.56 Å². The molecular formula is C25H26N4O2S2. The van der Waals surface area contributed by atoms with E-state index in [0.717, 1.165) is 56.9 Å². The lowest BCUT2D eigenvalue weighted by Gasteiger charge is -2.18. The molecule has 2 aliphatic rings. The Hall–Kier alpha value is -2.63. The van der Waals surface area contributed by atoms with Crippen LogP contribution in [0.3, 0.4) is 0 Å². The molecular weight excluding hydrogens is 452 g/mol. The maximum Gasteiger partial charge on any atom is 0.262 e. The van der Waals surface area contributed by atoms with Crippen molar-refractivity contribution in [2.45, 2.75) is 69.0 Å². The minimum absolute atomic E-state index is 0.0239. The number of aromatic nitrogens is 2. The van der Waals surface area contributed by atoms with Crippen LogP contribution in [-0.2, 0) is 17.6 Å². The molecule has 1 fully saturated rings. The molecule has 170 valence electrons. The van der Waals surface area contributed by atoms with E-state index in [2.05, 4.69) is 11.4 Å². The van der Waals surface area contributed by atoms with E-state index in [1.54, 1.807) is 15.9 Å². The van der Waals surface area contributed by atoms with Gasteiger partial charge in [0.1, 0.15) is 11.1 Å². The zero-order chi connectivity index (χ0) is 22.8. The van der Waals surface area contributed by atoms with Crippen LogP contribution in [0.25, 0.3) is 10.9 Å². The summed E-state index contributed by atoms with van der Waals surface area (Å²) in [6.07, 6.45) is 9.44. The van der Waals surface area contributed by atoms with Crippen molar-refractivity contribution >= 4 is 44.9 Å². The molecule has 0 saturated heterocycles. The molecule has 5 rings (SSSR count). The van der Waals surface area contributed by atoms with E-state index in [-0.39, 0.29) is 23.3 Å². The van der Waals surface area contributed by atoms with Crippen LogP contribution in [0.4, 0.5) is 5.00 Å². The van der Waals surface area contributed by atoms with Gasteiger partial charge in [-0.2, -0.15) is 5.26 Å². The number of aryl methyl sites for hydroxylation is 1. The molecule has 1 aromatic carbocycles. The Morgan fingerprint density at radius 3 is 2.79 bits per heavy atom. The number of amides is 1. The van der Waals surface area contributed by atoms with Crippen molar-refractivity contribution < 1.29 is 4.79 Å². The molecule has 3 aromatic rings. The van der Waals surface area contributed by atoms with Crippen molar-refractivity contribution in [3.8, 4) is 6.07 Å². The van der Waals surface area contributed by atoms with E-state index >= 15 is 0 Å². The molecule has 0 bridgehead atoms. The minimum atomic E-state index is -0.173. The smallest absolute Gasteiger partial charge is 0.262 e. The molecule has 8 heteroatoms. The number of thiophene rings is 1. The molecule has 0 atom stereocenters. The highest BCUT2D eigenvalue weighted by atomic mass is 32.2. The first-order valence-corrected chi connectivity index (χ1v) is 13.4. The van der Waals surface area contributed by atoms with Gasteiger partial charge in [0.2, 0.25) is 5.91 Å². The van der Waals surface area contributed by atoms with Crippen LogP contribution in [0.15, 0.2) is 34.2 Å². The SMILES string of the molecule is N#Cc1c(NC(=O)CSc2nc3ccccc3c(=O)n2C2CCCC2)sc2c1CCCCC2. The van der Waals surface area contributed by atoms with E-state index in [1.165, 1.54) is 23.1 Å². The van der Waals surface area contributed by atoms with Crippen LogP contribution in [0.1, 0.15) is 67.0 Å². The van der Waals surface area contributed by atoms with Crippen LogP contribution < -0.4 is 10.9 Å². The van der Waals surface area contributed by atoms with Crippen molar-refractivity contribution in [3.05, 3.63) is 50.6 Å². The Morgan fingerprint density at radius 2 is 1.97 bits per heavy atom. The molecule has 2 aromatic heterocycles. The average molecular weight is 479 g/mol. The third kappa shape index (κ3) is 4.44. The van der Waals surface area contributed by atoms with Crippen LogP contribution in [0.2, 0.25) is 0 Å². The van der Waals surface area contributed by atoms with Gasteiger partial charge in [-0.05, 0) is 56.2 Å². The quantitative estimate of drug-likeness (QED) is 0.299. The number of carbonyl (C=O) groups excluding carboxylic acids is 1. The number of thioether (sulfide) groups is 1. The molecule has 6 nitrogen and oxygen atoms in total. The first kappa shape index (κ1) is 22.2. The van der Waals surface area contributed by atoms with Gasteiger partial charge < -0.3 is 5.32 Å². The van der Waals surface area contributed by atoms with Gasteiger partial charge in [-0.15, -0.1) is 11.3 Å². The summed E-state index contributed by atoms with van der Waals surface area (Å²) in [5.74, 6) is -0.0291. The normalized spacial score (nSPS) is 16.3. The van der Waals surface area contributed by atoms with E-state index in [0.29, 0.717) is 26.6 Å². The molecule has 1 N–H and O–H groups in total. The number of para-hydroxylation sites is 1. The molecule has 0 aliphatic heterocycles. The lowest BCUT2D eigenvalue weighted by atomic mass is 10.1. The van der Waals surface area contributed by atoms with E-state index < -0.39 is 0 Å². The molecule has 0 spiro atoms. The summed E-state index contributed by atoms with van der Waals surface area (Å²) in [7, 11) is 0. The van der Waals surface area contributed by atoms with Gasteiger partial charge in [0.05, 0.1) is 22.2 Å². The minimum Gasteiger partial charge on any atom is -0.316 e. The lowest BCUT2D eigenvalue weighted by molar-refractivity contribution is -0.113. The number of anilines is 1. The third-order valence-electron chi connectivity index (χ3n) is 6.58. The highest BCUT2D eigenvalue weighted by molar-refractivity contribution is 7.99. The number of hydrogen-bond donors (Lipinski definition) is 1. The molecule has 1 amide bonds. The average Bonchev–Trinajstić information content (AvgIpc) is 3.40. The molecule has 1 saturated carbocycles. The summed E-state index contributed by atoms with van der Waals surface area (Å²) < 4.78 is 1.81. The number of rotatable bonds is 5. The van der Waals surface area contributed by atoms with E-state index in [9.17, 15) is 14.9 Å². The first-order chi connectivity index (χ1) is 16.2. The third-order valence-corrected chi connectivity index (χ3v) is 8.74. The molecule has 2 aliphatic carbocycles. The molecule has 0 radical (unpaired) electrons. The second kappa shape index (κ2) is 9.70. The van der Waals surface area contributed by atoms with Gasteiger partial charge in [-0.1, -0.05) is 43.2 Å². The molecule has 2 heterocycles. The highest BCUT2D eigenvalue weighted by Crippen LogP contribution is 2.37. The fraction of sp³-hybridized carbons (Fsp3) is 0.440. The van der Waals surface area contributed by atoms with Crippen molar-refractivity contribution in [2.24, 2.45) is 0 Å². The predicted octanol–water partition coefficient (Wildman–Crippen LogP) is 5.44. The summed E-state index contributed by atoms with van der Waals surface area (Å²) in [4.78, 5) is 32.1. The number of hydrogen-bond acceptors (Lipinski definition) is 6. The second-order valence-corrected chi connectivity index (χ2v) is 10.8. The summed E-state index contributed by atoms with van der Waals surface area (Å²) in [6.45, 7) is 0. The predicted molar refractivity (Wildman–Crippen MR) is 133 cm³/mol. The Kier molecular flexibility index (Phi) is 6.52. The van der Waals surface area contributed by atoms with Gasteiger partial charge in [-0.3, -0.25) is 14.2 Å². The number of carbonyl (C=O) groups is 1. The van der Waals surface area contributed by atoms with Gasteiger partial charge in [0.15, 0.2) is 5.16 Å². The molecule has 0 unspecified atom stereocenters. The second-order valence-electron chi connectivity index (χ2n) is 8.74. The monoisotopic (exact) mass is 478 g/mol. The highest BCUT2D eigenvalue weighted by Gasteiger charge is 2.24. The Balaban J connectivity index is 1.38. The Labute approximate surface area is 201 Å². The number of fused-ring (bicyclic) bond motifs is 2. The zero-order valence-electron chi connectivity index (χ0n) is 18.4. The standard InChI is InChI=1S/C25H26N4O2S2/c26-14-19-17-10-2-1-3-13-21(17)33-23(19)28-22(30)15-32-25-27-20-12-7-6-11-18(20)24(31)29(25)16-8-4-5-9-16/h6-7,11-12,16H,1-5,8-10,13,15H2,(H,28,30). The van der Waals surface area contributed by atoms with Crippen molar-refractivity contribution in [2.75, 3.05) is 11.1 Å². The van der Waals surface area contributed by atoms with Crippen molar-refractivity contribution in [1.29, 1.82) is 5.26 Å². The summed E-state index contributed by atoms with van der Waals surface area (Å²) in [5, 5.41) is 14.6. The van der Waals surface area contributed by atoms with Gasteiger partial charge in [0, 0.05) is 10.9 Å². The van der Waals surface area contributed by atoms with Crippen molar-refractivity contribution in [1.82, 2.24) is 9.55 Å². The first-order valence-electron chi connectivity index (χ1n) is 11.6. The Morgan fingerprint density at radius 1 is 1.18 bits per heavy atom. The number of benzene rings is 1. The topological polar surface area (TPSA) is 87.8 Å². The zero-order valence-corrected chi connectivity index (χ0v) is 20.1. The van der Waals surface area contributed by atoms with Gasteiger partial charge >= 0.3 is 0 Å². The number of nitrogens with zero attached hydrogens (tertiary/aromatic N) is 3. The van der Waals surface area contributed by atoms with Crippen LogP contribution in [0.5, 0.6) is 0 Å². The van der Waals surface area contributed by atoms with Crippen LogP contribution in [-0.4, -0.2) is 21.2 Å². The lowest BCUT2D eigenvalue weighted by Crippen LogP contribution is -2.27. The maximum absolute atomic E-state index is 13.3. The maximum atomic E-state index is 13.3. The number of nitriles is 1. The van der Waals surface area contributed by atoms with Crippen LogP contribution >= 0.6 is 23.1 Å². The summed E-state index contributed by atoms with van der Waals surface area (Å²) in [5.41, 5.74) is 2.38. The van der Waals surface area contributed by atoms with E-state index in [1.807, 2.05) is 24.3 Å². The van der Waals surface area contributed by atoms with Crippen LogP contribution in [0, 0.1) is 11.3 Å². The largest absolute Gasteiger partial charge is 0.316 e. The number of nitrogens with one attached hydrogen (secondary N) is 1. The molecule has 33 heavy (non-hydrogen) atoms. The fourth-order valence-corrected chi connectivity index (χ4v) is 7.08. The Bertz CT molecular complexity index is 1300.